The van der Waals surface area contributed by atoms with Gasteiger partial charge in [-0.1, -0.05) is 23.5 Å². The van der Waals surface area contributed by atoms with Crippen LogP contribution in [0.5, 0.6) is 0 Å². The van der Waals surface area contributed by atoms with Crippen LogP contribution in [0.1, 0.15) is 16.1 Å². The van der Waals surface area contributed by atoms with Gasteiger partial charge in [-0.2, -0.15) is 0 Å². The van der Waals surface area contributed by atoms with Crippen molar-refractivity contribution in [1.82, 2.24) is 9.97 Å². The third kappa shape index (κ3) is 2.52. The molecule has 0 saturated heterocycles. The van der Waals surface area contributed by atoms with Crippen LogP contribution in [-0.4, -0.2) is 15.9 Å². The van der Waals surface area contributed by atoms with Gasteiger partial charge in [-0.3, -0.25) is 15.1 Å². The van der Waals surface area contributed by atoms with Gasteiger partial charge in [0.1, 0.15) is 0 Å². The molecule has 6 heteroatoms. The zero-order valence-electron chi connectivity index (χ0n) is 10.5. The number of aromatic nitrogens is 2. The fourth-order valence-electron chi connectivity index (χ4n) is 1.83. The first-order valence-corrected chi connectivity index (χ1v) is 6.90. The molecule has 3 rings (SSSR count). The summed E-state index contributed by atoms with van der Waals surface area (Å²) >= 11 is 1.45. The van der Waals surface area contributed by atoms with Crippen molar-refractivity contribution in [2.45, 2.75) is 6.54 Å². The summed E-state index contributed by atoms with van der Waals surface area (Å²) in [5.74, 6) is -0.207. The van der Waals surface area contributed by atoms with Gasteiger partial charge in [0.05, 0.1) is 15.9 Å². The Labute approximate surface area is 119 Å². The highest BCUT2D eigenvalue weighted by molar-refractivity contribution is 7.22. The topological polar surface area (TPSA) is 80.9 Å². The maximum atomic E-state index is 12.1. The van der Waals surface area contributed by atoms with Gasteiger partial charge in [0.15, 0.2) is 5.13 Å². The molecule has 0 saturated carbocycles. The van der Waals surface area contributed by atoms with Gasteiger partial charge in [-0.25, -0.2) is 4.98 Å². The molecule has 3 aromatic rings. The highest BCUT2D eigenvalue weighted by Crippen LogP contribution is 2.25. The first-order chi connectivity index (χ1) is 9.76. The molecule has 20 heavy (non-hydrogen) atoms. The SMILES string of the molecule is NCc1cc(C(=O)Nc2nc3ccccc3s2)ccn1. The Kier molecular flexibility index (Phi) is 3.41. The zero-order chi connectivity index (χ0) is 13.9. The second-order valence-corrected chi connectivity index (χ2v) is 5.21. The minimum absolute atomic E-state index is 0.207. The summed E-state index contributed by atoms with van der Waals surface area (Å²) < 4.78 is 1.04. The summed E-state index contributed by atoms with van der Waals surface area (Å²) in [6.07, 6.45) is 1.58. The van der Waals surface area contributed by atoms with Crippen molar-refractivity contribution < 1.29 is 4.79 Å². The fraction of sp³-hybridized carbons (Fsp3) is 0.0714. The molecule has 0 aliphatic carbocycles. The first-order valence-electron chi connectivity index (χ1n) is 6.08. The maximum absolute atomic E-state index is 12.1. The first kappa shape index (κ1) is 12.7. The van der Waals surface area contributed by atoms with Crippen LogP contribution < -0.4 is 11.1 Å². The van der Waals surface area contributed by atoms with Crippen molar-refractivity contribution in [2.24, 2.45) is 5.73 Å². The summed E-state index contributed by atoms with van der Waals surface area (Å²) in [5, 5.41) is 3.38. The summed E-state index contributed by atoms with van der Waals surface area (Å²) in [5.41, 5.74) is 7.61. The molecule has 1 amide bonds. The van der Waals surface area contributed by atoms with Gasteiger partial charge in [0.25, 0.3) is 5.91 Å². The van der Waals surface area contributed by atoms with E-state index in [1.807, 2.05) is 24.3 Å². The number of anilines is 1. The smallest absolute Gasteiger partial charge is 0.257 e. The molecule has 5 nitrogen and oxygen atoms in total. The molecular weight excluding hydrogens is 272 g/mol. The average Bonchev–Trinajstić information content (AvgIpc) is 2.89. The lowest BCUT2D eigenvalue weighted by molar-refractivity contribution is 0.102. The molecule has 2 heterocycles. The maximum Gasteiger partial charge on any atom is 0.257 e. The van der Waals surface area contributed by atoms with Gasteiger partial charge in [0.2, 0.25) is 0 Å². The van der Waals surface area contributed by atoms with Crippen molar-refractivity contribution in [3.8, 4) is 0 Å². The van der Waals surface area contributed by atoms with Crippen molar-refractivity contribution in [1.29, 1.82) is 0 Å². The van der Waals surface area contributed by atoms with Crippen molar-refractivity contribution >= 4 is 32.6 Å². The molecule has 0 fully saturated rings. The Balaban J connectivity index is 1.84. The van der Waals surface area contributed by atoms with Crippen LogP contribution in [-0.2, 0) is 6.54 Å². The molecule has 0 atom stereocenters. The number of thiazole rings is 1. The van der Waals surface area contributed by atoms with Crippen LogP contribution in [0.4, 0.5) is 5.13 Å². The van der Waals surface area contributed by atoms with Crippen LogP contribution in [0, 0.1) is 0 Å². The number of benzene rings is 1. The van der Waals surface area contributed by atoms with E-state index in [0.29, 0.717) is 22.9 Å². The van der Waals surface area contributed by atoms with E-state index in [-0.39, 0.29) is 5.91 Å². The Morgan fingerprint density at radius 3 is 2.95 bits per heavy atom. The summed E-state index contributed by atoms with van der Waals surface area (Å²) in [6.45, 7) is 0.308. The zero-order valence-corrected chi connectivity index (χ0v) is 11.4. The predicted molar refractivity (Wildman–Crippen MR) is 79.7 cm³/mol. The normalized spacial score (nSPS) is 10.7. The Morgan fingerprint density at radius 2 is 2.15 bits per heavy atom. The molecule has 0 unspecified atom stereocenters. The average molecular weight is 284 g/mol. The molecular formula is C14H12N4OS. The number of rotatable bonds is 3. The Bertz CT molecular complexity index is 735. The van der Waals surface area contributed by atoms with Crippen molar-refractivity contribution in [2.75, 3.05) is 5.32 Å². The standard InChI is InChI=1S/C14H12N4OS/c15-8-10-7-9(5-6-16-10)13(19)18-14-17-11-3-1-2-4-12(11)20-14/h1-7H,8,15H2,(H,17,18,19). The van der Waals surface area contributed by atoms with Crippen LogP contribution in [0.15, 0.2) is 42.6 Å². The minimum atomic E-state index is -0.207. The van der Waals surface area contributed by atoms with Gasteiger partial charge in [0, 0.05) is 18.3 Å². The number of nitrogens with zero attached hydrogens (tertiary/aromatic N) is 2. The number of para-hydroxylation sites is 1. The van der Waals surface area contributed by atoms with E-state index in [9.17, 15) is 4.79 Å². The number of hydrogen-bond donors (Lipinski definition) is 2. The number of nitrogens with one attached hydrogen (secondary N) is 1. The van der Waals surface area contributed by atoms with Crippen LogP contribution in [0.3, 0.4) is 0 Å². The fourth-order valence-corrected chi connectivity index (χ4v) is 2.69. The largest absolute Gasteiger partial charge is 0.325 e. The number of pyridine rings is 1. The Morgan fingerprint density at radius 1 is 1.30 bits per heavy atom. The Hall–Kier alpha value is -2.31. The van der Waals surface area contributed by atoms with E-state index in [1.165, 1.54) is 11.3 Å². The summed E-state index contributed by atoms with van der Waals surface area (Å²) in [7, 11) is 0. The van der Waals surface area contributed by atoms with E-state index in [0.717, 1.165) is 10.2 Å². The number of fused-ring (bicyclic) bond motifs is 1. The quantitative estimate of drug-likeness (QED) is 0.774. The van der Waals surface area contributed by atoms with Crippen molar-refractivity contribution in [3.63, 3.8) is 0 Å². The summed E-state index contributed by atoms with van der Waals surface area (Å²) in [4.78, 5) is 20.6. The van der Waals surface area contributed by atoms with Crippen LogP contribution in [0.25, 0.3) is 10.2 Å². The number of hydrogen-bond acceptors (Lipinski definition) is 5. The molecule has 0 bridgehead atoms. The molecule has 0 radical (unpaired) electrons. The molecule has 0 spiro atoms. The van der Waals surface area contributed by atoms with Crippen LogP contribution >= 0.6 is 11.3 Å². The third-order valence-electron chi connectivity index (χ3n) is 2.80. The summed E-state index contributed by atoms with van der Waals surface area (Å²) in [6, 6.07) is 11.1. The lowest BCUT2D eigenvalue weighted by Crippen LogP contribution is -2.13. The van der Waals surface area contributed by atoms with E-state index in [2.05, 4.69) is 15.3 Å². The second-order valence-electron chi connectivity index (χ2n) is 4.18. The molecule has 1 aromatic carbocycles. The molecule has 0 aliphatic rings. The molecule has 0 aliphatic heterocycles. The number of nitrogens with two attached hydrogens (primary N) is 1. The highest BCUT2D eigenvalue weighted by Gasteiger charge is 2.10. The molecule has 3 N–H and O–H groups in total. The van der Waals surface area contributed by atoms with E-state index >= 15 is 0 Å². The second kappa shape index (κ2) is 5.36. The lowest BCUT2D eigenvalue weighted by Gasteiger charge is -2.02. The van der Waals surface area contributed by atoms with Gasteiger partial charge < -0.3 is 5.73 Å². The van der Waals surface area contributed by atoms with Gasteiger partial charge >= 0.3 is 0 Å². The number of amides is 1. The van der Waals surface area contributed by atoms with E-state index in [4.69, 9.17) is 5.73 Å². The van der Waals surface area contributed by atoms with Gasteiger partial charge in [-0.05, 0) is 24.3 Å². The molecule has 2 aromatic heterocycles. The van der Waals surface area contributed by atoms with Crippen molar-refractivity contribution in [3.05, 3.63) is 53.9 Å². The number of carbonyl (C=O) groups excluding carboxylic acids is 1. The lowest BCUT2D eigenvalue weighted by atomic mass is 10.2. The van der Waals surface area contributed by atoms with Gasteiger partial charge in [-0.15, -0.1) is 0 Å². The number of carbonyl (C=O) groups is 1. The van der Waals surface area contributed by atoms with E-state index < -0.39 is 0 Å². The monoisotopic (exact) mass is 284 g/mol. The van der Waals surface area contributed by atoms with E-state index in [1.54, 1.807) is 18.3 Å². The molecule has 100 valence electrons. The minimum Gasteiger partial charge on any atom is -0.325 e. The third-order valence-corrected chi connectivity index (χ3v) is 3.75. The predicted octanol–water partition coefficient (Wildman–Crippen LogP) is 2.40. The highest BCUT2D eigenvalue weighted by atomic mass is 32.1. The van der Waals surface area contributed by atoms with Crippen LogP contribution in [0.2, 0.25) is 0 Å².